The number of nitrogens with one attached hydrogen (secondary N) is 2. The van der Waals surface area contributed by atoms with Gasteiger partial charge in [0.25, 0.3) is 5.91 Å². The largest absolute Gasteiger partial charge is 0.488 e. The van der Waals surface area contributed by atoms with Crippen molar-refractivity contribution in [2.75, 3.05) is 5.32 Å². The third-order valence-corrected chi connectivity index (χ3v) is 7.96. The number of nitrogens with zero attached hydrogens (tertiary/aromatic N) is 2. The van der Waals surface area contributed by atoms with E-state index in [1.807, 2.05) is 53.9 Å². The molecule has 5 rings (SSSR count). The fraction of sp³-hybridized carbons (Fsp3) is 0.0645. The Hall–Kier alpha value is -3.69. The number of aromatic nitrogens is 1. The minimum absolute atomic E-state index is 0.292. The smallest absolute Gasteiger partial charge is 0.271 e. The Labute approximate surface area is 260 Å². The number of hydrogen-bond acceptors (Lipinski definition) is 6. The third kappa shape index (κ3) is 7.74. The molecular formula is C31H23BrCl2N4O2S. The van der Waals surface area contributed by atoms with Gasteiger partial charge in [0.2, 0.25) is 0 Å². The number of ether oxygens (including phenoxy) is 1. The molecule has 0 aliphatic rings. The van der Waals surface area contributed by atoms with Crippen molar-refractivity contribution in [3.05, 3.63) is 127 Å². The molecule has 1 amide bonds. The number of hydrogen-bond donors (Lipinski definition) is 2. The first-order valence-corrected chi connectivity index (χ1v) is 14.9. The molecule has 0 saturated carbocycles. The normalized spacial score (nSPS) is 11.0. The van der Waals surface area contributed by atoms with E-state index < -0.39 is 0 Å². The van der Waals surface area contributed by atoms with Crippen molar-refractivity contribution in [1.29, 1.82) is 0 Å². The molecule has 1 heterocycles. The van der Waals surface area contributed by atoms with Crippen LogP contribution in [0.2, 0.25) is 10.0 Å². The number of amides is 1. The monoisotopic (exact) mass is 664 g/mol. The second-order valence-electron chi connectivity index (χ2n) is 9.02. The molecule has 5 aromatic rings. The lowest BCUT2D eigenvalue weighted by Crippen LogP contribution is -2.17. The number of carbonyl (C=O) groups is 1. The van der Waals surface area contributed by atoms with E-state index in [1.54, 1.807) is 30.5 Å². The lowest BCUT2D eigenvalue weighted by Gasteiger charge is -2.10. The molecule has 10 heteroatoms. The summed E-state index contributed by atoms with van der Waals surface area (Å²) in [5.41, 5.74) is 8.55. The molecular weight excluding hydrogens is 643 g/mol. The number of carbonyl (C=O) groups excluding carboxylic acids is 1. The van der Waals surface area contributed by atoms with Crippen LogP contribution < -0.4 is 15.5 Å². The average Bonchev–Trinajstić information content (AvgIpc) is 3.44. The highest BCUT2D eigenvalue weighted by atomic mass is 79.9. The zero-order valence-electron chi connectivity index (χ0n) is 21.7. The lowest BCUT2D eigenvalue weighted by molar-refractivity contribution is 0.0955. The van der Waals surface area contributed by atoms with Crippen molar-refractivity contribution >= 4 is 73.4 Å². The van der Waals surface area contributed by atoms with Gasteiger partial charge in [-0.15, -0.1) is 11.3 Å². The van der Waals surface area contributed by atoms with Crippen LogP contribution >= 0.6 is 50.5 Å². The Morgan fingerprint density at radius 3 is 2.54 bits per heavy atom. The Bertz CT molecular complexity index is 1710. The van der Waals surface area contributed by atoms with Crippen LogP contribution in [0.1, 0.15) is 27.0 Å². The molecule has 1 aromatic heterocycles. The molecule has 0 spiro atoms. The first kappa shape index (κ1) is 28.8. The van der Waals surface area contributed by atoms with Gasteiger partial charge in [-0.05, 0) is 67.1 Å². The molecule has 0 aliphatic carbocycles. The van der Waals surface area contributed by atoms with Crippen LogP contribution in [0.25, 0.3) is 11.3 Å². The number of aryl methyl sites for hydroxylation is 1. The minimum atomic E-state index is -0.332. The number of hydrazone groups is 1. The van der Waals surface area contributed by atoms with Gasteiger partial charge in [0.1, 0.15) is 12.4 Å². The van der Waals surface area contributed by atoms with Crippen molar-refractivity contribution in [2.45, 2.75) is 13.5 Å². The van der Waals surface area contributed by atoms with Gasteiger partial charge in [-0.25, -0.2) is 10.4 Å². The van der Waals surface area contributed by atoms with E-state index in [4.69, 9.17) is 27.9 Å². The van der Waals surface area contributed by atoms with Crippen molar-refractivity contribution in [3.8, 4) is 17.0 Å². The molecule has 0 bridgehead atoms. The zero-order valence-corrected chi connectivity index (χ0v) is 25.6. The Balaban J connectivity index is 1.20. The molecule has 0 aliphatic heterocycles. The number of halogens is 3. The van der Waals surface area contributed by atoms with Gasteiger partial charge in [-0.3, -0.25) is 4.79 Å². The van der Waals surface area contributed by atoms with Crippen LogP contribution in [0.4, 0.5) is 10.8 Å². The number of rotatable bonds is 9. The van der Waals surface area contributed by atoms with Gasteiger partial charge < -0.3 is 10.1 Å². The first-order chi connectivity index (χ1) is 19.8. The van der Waals surface area contributed by atoms with Gasteiger partial charge in [-0.2, -0.15) is 5.10 Å². The number of thiazole rings is 1. The predicted octanol–water partition coefficient (Wildman–Crippen LogP) is 9.27. The highest BCUT2D eigenvalue weighted by Gasteiger charge is 2.09. The van der Waals surface area contributed by atoms with E-state index in [0.717, 1.165) is 32.1 Å². The second kappa shape index (κ2) is 13.3. The maximum atomic E-state index is 12.7. The fourth-order valence-electron chi connectivity index (χ4n) is 3.78. The van der Waals surface area contributed by atoms with E-state index in [-0.39, 0.29) is 5.91 Å². The van der Waals surface area contributed by atoms with Crippen molar-refractivity contribution in [1.82, 2.24) is 10.4 Å². The van der Waals surface area contributed by atoms with Crippen LogP contribution in [0, 0.1) is 6.92 Å². The Kier molecular flexibility index (Phi) is 9.36. The summed E-state index contributed by atoms with van der Waals surface area (Å²) in [4.78, 5) is 17.4. The maximum Gasteiger partial charge on any atom is 0.271 e. The third-order valence-electron chi connectivity index (χ3n) is 5.97. The number of benzene rings is 4. The van der Waals surface area contributed by atoms with Crippen LogP contribution in [-0.2, 0) is 6.61 Å². The van der Waals surface area contributed by atoms with Crippen molar-refractivity contribution in [2.24, 2.45) is 5.10 Å². The molecule has 4 aromatic carbocycles. The summed E-state index contributed by atoms with van der Waals surface area (Å²) in [6.07, 6.45) is 1.54. The molecule has 206 valence electrons. The maximum absolute atomic E-state index is 12.7. The summed E-state index contributed by atoms with van der Waals surface area (Å²) in [6, 6.07) is 26.3. The fourth-order valence-corrected chi connectivity index (χ4v) is 5.22. The van der Waals surface area contributed by atoms with Gasteiger partial charge in [0.05, 0.1) is 22.0 Å². The summed E-state index contributed by atoms with van der Waals surface area (Å²) < 4.78 is 6.82. The zero-order chi connectivity index (χ0) is 28.8. The summed E-state index contributed by atoms with van der Waals surface area (Å²) in [7, 11) is 0. The average molecular weight is 666 g/mol. The molecule has 0 saturated heterocycles. The molecule has 2 N–H and O–H groups in total. The first-order valence-electron chi connectivity index (χ1n) is 12.4. The summed E-state index contributed by atoms with van der Waals surface area (Å²) in [5, 5.41) is 11.2. The molecule has 6 nitrogen and oxygen atoms in total. The molecule has 0 radical (unpaired) electrons. The van der Waals surface area contributed by atoms with Crippen molar-refractivity contribution in [3.63, 3.8) is 0 Å². The topological polar surface area (TPSA) is 75.6 Å². The summed E-state index contributed by atoms with van der Waals surface area (Å²) >= 11 is 17.1. The Morgan fingerprint density at radius 2 is 1.78 bits per heavy atom. The number of anilines is 2. The van der Waals surface area contributed by atoms with Crippen LogP contribution in [0.15, 0.2) is 99.9 Å². The SMILES string of the molecule is Cc1ccc(Nc2nc(-c3ccc(C(=O)N/N=C\c4cc(Br)ccc4OCc4ccc(Cl)c(Cl)c4)cc3)cs2)cc1. The Morgan fingerprint density at radius 1 is 1.00 bits per heavy atom. The summed E-state index contributed by atoms with van der Waals surface area (Å²) in [5.74, 6) is 0.266. The van der Waals surface area contributed by atoms with E-state index in [2.05, 4.69) is 55.8 Å². The standard InChI is InChI=1S/C31H23BrCl2N4O2S/c1-19-2-10-25(11-3-19)36-31-37-28(18-41-31)21-5-7-22(8-6-21)30(39)38-35-16-23-15-24(32)9-13-29(23)40-17-20-4-12-26(33)27(34)14-20/h2-16,18H,17H2,1H3,(H,36,37)(H,38,39)/b35-16-. The highest BCUT2D eigenvalue weighted by Crippen LogP contribution is 2.28. The van der Waals surface area contributed by atoms with Crippen LogP contribution in [-0.4, -0.2) is 17.1 Å². The van der Waals surface area contributed by atoms with E-state index >= 15 is 0 Å². The second-order valence-corrected chi connectivity index (χ2v) is 11.6. The van der Waals surface area contributed by atoms with E-state index in [1.165, 1.54) is 16.9 Å². The van der Waals surface area contributed by atoms with Gasteiger partial charge >= 0.3 is 0 Å². The predicted molar refractivity (Wildman–Crippen MR) is 172 cm³/mol. The highest BCUT2D eigenvalue weighted by molar-refractivity contribution is 9.10. The minimum Gasteiger partial charge on any atom is -0.488 e. The van der Waals surface area contributed by atoms with Crippen LogP contribution in [0.5, 0.6) is 5.75 Å². The quantitative estimate of drug-likeness (QED) is 0.122. The molecule has 0 unspecified atom stereocenters. The van der Waals surface area contributed by atoms with Gasteiger partial charge in [-0.1, -0.05) is 75.0 Å². The van der Waals surface area contributed by atoms with Crippen molar-refractivity contribution < 1.29 is 9.53 Å². The van der Waals surface area contributed by atoms with Gasteiger partial charge in [0.15, 0.2) is 5.13 Å². The molecule has 0 atom stereocenters. The molecule has 0 fully saturated rings. The lowest BCUT2D eigenvalue weighted by atomic mass is 10.1. The summed E-state index contributed by atoms with van der Waals surface area (Å²) in [6.45, 7) is 2.35. The van der Waals surface area contributed by atoms with Crippen LogP contribution in [0.3, 0.4) is 0 Å². The molecule has 41 heavy (non-hydrogen) atoms. The van der Waals surface area contributed by atoms with E-state index in [9.17, 15) is 4.79 Å². The van der Waals surface area contributed by atoms with Gasteiger partial charge in [0, 0.05) is 32.2 Å². The van der Waals surface area contributed by atoms with E-state index in [0.29, 0.717) is 33.5 Å².